The van der Waals surface area contributed by atoms with E-state index in [2.05, 4.69) is 0 Å². The maximum absolute atomic E-state index is 5.52. The minimum Gasteiger partial charge on any atom is -0.496 e. The molecule has 0 atom stereocenters. The quantitative estimate of drug-likeness (QED) is 0.860. The molecule has 0 fully saturated rings. The Morgan fingerprint density at radius 3 is 1.88 bits per heavy atom. The monoisotopic (exact) mass is 247 g/mol. The van der Waals surface area contributed by atoms with Crippen LogP contribution in [0.15, 0.2) is 12.1 Å². The van der Waals surface area contributed by atoms with Crippen LogP contribution in [0.4, 0.5) is 0 Å². The summed E-state index contributed by atoms with van der Waals surface area (Å²) in [5, 5.41) is 0. The molecule has 5 heteroatoms. The minimum atomic E-state index is 0. The highest BCUT2D eigenvalue weighted by Crippen LogP contribution is 2.34. The topological polar surface area (TPSA) is 53.7 Å². The van der Waals surface area contributed by atoms with Gasteiger partial charge in [0.25, 0.3) is 0 Å². The molecule has 2 N–H and O–H groups in total. The van der Waals surface area contributed by atoms with Gasteiger partial charge in [0.2, 0.25) is 0 Å². The van der Waals surface area contributed by atoms with Crippen LogP contribution >= 0.6 is 12.4 Å². The lowest BCUT2D eigenvalue weighted by molar-refractivity contribution is 0.347. The third-order valence-electron chi connectivity index (χ3n) is 2.20. The average molecular weight is 248 g/mol. The highest BCUT2D eigenvalue weighted by molar-refractivity contribution is 5.85. The minimum absolute atomic E-state index is 0. The van der Waals surface area contributed by atoms with Crippen LogP contribution in [0.3, 0.4) is 0 Å². The molecule has 0 heterocycles. The van der Waals surface area contributed by atoms with E-state index in [-0.39, 0.29) is 12.4 Å². The SMILES string of the molecule is COc1cc(OC)c(OC)cc1CCN.Cl. The maximum Gasteiger partial charge on any atom is 0.164 e. The molecule has 0 radical (unpaired) electrons. The van der Waals surface area contributed by atoms with Gasteiger partial charge in [-0.3, -0.25) is 0 Å². The number of benzene rings is 1. The summed E-state index contributed by atoms with van der Waals surface area (Å²) in [7, 11) is 4.83. The van der Waals surface area contributed by atoms with Crippen molar-refractivity contribution in [1.29, 1.82) is 0 Å². The summed E-state index contributed by atoms with van der Waals surface area (Å²) in [5.74, 6) is 2.13. The van der Waals surface area contributed by atoms with Gasteiger partial charge in [0, 0.05) is 6.07 Å². The van der Waals surface area contributed by atoms with Crippen LogP contribution in [0.5, 0.6) is 17.2 Å². The van der Waals surface area contributed by atoms with E-state index in [1.54, 1.807) is 21.3 Å². The Hall–Kier alpha value is -1.13. The fraction of sp³-hybridized carbons (Fsp3) is 0.455. The van der Waals surface area contributed by atoms with Gasteiger partial charge in [-0.25, -0.2) is 0 Å². The van der Waals surface area contributed by atoms with E-state index >= 15 is 0 Å². The molecule has 0 aliphatic heterocycles. The molecule has 0 saturated heterocycles. The summed E-state index contributed by atoms with van der Waals surface area (Å²) in [6, 6.07) is 3.70. The number of ether oxygens (including phenoxy) is 3. The molecule has 0 bridgehead atoms. The summed E-state index contributed by atoms with van der Waals surface area (Å²) in [4.78, 5) is 0. The first-order valence-corrected chi connectivity index (χ1v) is 4.75. The maximum atomic E-state index is 5.52. The number of methoxy groups -OCH3 is 3. The highest BCUT2D eigenvalue weighted by atomic mass is 35.5. The first kappa shape index (κ1) is 14.9. The zero-order valence-corrected chi connectivity index (χ0v) is 10.6. The van der Waals surface area contributed by atoms with Gasteiger partial charge in [0.15, 0.2) is 11.5 Å². The van der Waals surface area contributed by atoms with Gasteiger partial charge in [-0.2, -0.15) is 0 Å². The van der Waals surface area contributed by atoms with Crippen LogP contribution in [0.25, 0.3) is 0 Å². The Kier molecular flexibility index (Phi) is 6.69. The van der Waals surface area contributed by atoms with Crippen LogP contribution in [0.1, 0.15) is 5.56 Å². The summed E-state index contributed by atoms with van der Waals surface area (Å²) in [6.45, 7) is 0.575. The Morgan fingerprint density at radius 2 is 1.44 bits per heavy atom. The van der Waals surface area contributed by atoms with Crippen LogP contribution in [0.2, 0.25) is 0 Å². The zero-order valence-electron chi connectivity index (χ0n) is 9.78. The van der Waals surface area contributed by atoms with Crippen molar-refractivity contribution in [2.45, 2.75) is 6.42 Å². The molecular formula is C11H18ClNO3. The Morgan fingerprint density at radius 1 is 0.938 bits per heavy atom. The molecule has 0 spiro atoms. The van der Waals surface area contributed by atoms with Crippen molar-refractivity contribution in [3.63, 3.8) is 0 Å². The Balaban J connectivity index is 0.00000225. The van der Waals surface area contributed by atoms with E-state index in [0.29, 0.717) is 18.0 Å². The van der Waals surface area contributed by atoms with E-state index in [1.807, 2.05) is 12.1 Å². The molecular weight excluding hydrogens is 230 g/mol. The van der Waals surface area contributed by atoms with Crippen LogP contribution in [-0.4, -0.2) is 27.9 Å². The number of nitrogens with two attached hydrogens (primary N) is 1. The smallest absolute Gasteiger partial charge is 0.164 e. The number of hydrogen-bond acceptors (Lipinski definition) is 4. The summed E-state index contributed by atoms with van der Waals surface area (Å²) in [5.41, 5.74) is 6.54. The van der Waals surface area contributed by atoms with Crippen molar-refractivity contribution in [3.05, 3.63) is 17.7 Å². The highest BCUT2D eigenvalue weighted by Gasteiger charge is 2.10. The van der Waals surface area contributed by atoms with Crippen molar-refractivity contribution in [1.82, 2.24) is 0 Å². The molecule has 0 aliphatic rings. The predicted octanol–water partition coefficient (Wildman–Crippen LogP) is 1.64. The van der Waals surface area contributed by atoms with Crippen molar-refractivity contribution < 1.29 is 14.2 Å². The molecule has 0 aliphatic carbocycles. The van der Waals surface area contributed by atoms with Gasteiger partial charge in [0.1, 0.15) is 5.75 Å². The fourth-order valence-corrected chi connectivity index (χ4v) is 1.44. The van der Waals surface area contributed by atoms with Crippen LogP contribution in [0, 0.1) is 0 Å². The zero-order chi connectivity index (χ0) is 11.3. The molecule has 92 valence electrons. The molecule has 0 unspecified atom stereocenters. The van der Waals surface area contributed by atoms with Crippen molar-refractivity contribution in [3.8, 4) is 17.2 Å². The van der Waals surface area contributed by atoms with E-state index in [9.17, 15) is 0 Å². The van der Waals surface area contributed by atoms with Crippen LogP contribution in [-0.2, 0) is 6.42 Å². The molecule has 1 rings (SSSR count). The molecule has 16 heavy (non-hydrogen) atoms. The lowest BCUT2D eigenvalue weighted by Crippen LogP contribution is -2.05. The summed E-state index contributed by atoms with van der Waals surface area (Å²) < 4.78 is 15.6. The largest absolute Gasteiger partial charge is 0.496 e. The molecule has 0 saturated carbocycles. The first-order valence-electron chi connectivity index (χ1n) is 4.75. The van der Waals surface area contributed by atoms with Crippen molar-refractivity contribution in [2.24, 2.45) is 5.73 Å². The van der Waals surface area contributed by atoms with Crippen LogP contribution < -0.4 is 19.9 Å². The summed E-state index contributed by atoms with van der Waals surface area (Å²) in [6.07, 6.45) is 0.753. The van der Waals surface area contributed by atoms with Gasteiger partial charge >= 0.3 is 0 Å². The fourth-order valence-electron chi connectivity index (χ4n) is 1.44. The third kappa shape index (κ3) is 3.18. The van der Waals surface area contributed by atoms with Gasteiger partial charge in [-0.05, 0) is 24.6 Å². The van der Waals surface area contributed by atoms with Crippen molar-refractivity contribution in [2.75, 3.05) is 27.9 Å². The second-order valence-electron chi connectivity index (χ2n) is 3.06. The first-order chi connectivity index (χ1) is 7.26. The van der Waals surface area contributed by atoms with Crippen molar-refractivity contribution >= 4 is 12.4 Å². The molecule has 1 aromatic rings. The normalized spacial score (nSPS) is 9.25. The van der Waals surface area contributed by atoms with E-state index in [1.165, 1.54) is 0 Å². The molecule has 4 nitrogen and oxygen atoms in total. The molecule has 0 amide bonds. The second-order valence-corrected chi connectivity index (χ2v) is 3.06. The second kappa shape index (κ2) is 7.19. The van der Waals surface area contributed by atoms with E-state index in [0.717, 1.165) is 17.7 Å². The lowest BCUT2D eigenvalue weighted by Gasteiger charge is -2.13. The predicted molar refractivity (Wildman–Crippen MR) is 66.1 cm³/mol. The molecule has 1 aromatic carbocycles. The Bertz CT molecular complexity index is 331. The number of hydrogen-bond donors (Lipinski definition) is 1. The Labute approximate surface area is 102 Å². The standard InChI is InChI=1S/C11H17NO3.ClH/c1-13-9-7-11(15-3)10(14-2)6-8(9)4-5-12;/h6-7H,4-5,12H2,1-3H3;1H. The van der Waals surface area contributed by atoms with Gasteiger partial charge in [-0.15, -0.1) is 12.4 Å². The average Bonchev–Trinajstić information content (AvgIpc) is 2.28. The third-order valence-corrected chi connectivity index (χ3v) is 2.20. The van der Waals surface area contributed by atoms with Gasteiger partial charge in [0.05, 0.1) is 21.3 Å². The van der Waals surface area contributed by atoms with Gasteiger partial charge < -0.3 is 19.9 Å². The molecule has 0 aromatic heterocycles. The lowest BCUT2D eigenvalue weighted by atomic mass is 10.1. The number of rotatable bonds is 5. The van der Waals surface area contributed by atoms with E-state index < -0.39 is 0 Å². The van der Waals surface area contributed by atoms with E-state index in [4.69, 9.17) is 19.9 Å². The number of halogens is 1. The summed E-state index contributed by atoms with van der Waals surface area (Å²) >= 11 is 0. The van der Waals surface area contributed by atoms with Gasteiger partial charge in [-0.1, -0.05) is 0 Å².